The number of hydrogen-bond donors (Lipinski definition) is 0. The van der Waals surface area contributed by atoms with Crippen LogP contribution >= 0.6 is 0 Å². The average molecular weight is 457 g/mol. The molecule has 0 spiro atoms. The molecule has 0 fully saturated rings. The van der Waals surface area contributed by atoms with Gasteiger partial charge in [0.1, 0.15) is 0 Å². The van der Waals surface area contributed by atoms with Crippen LogP contribution in [-0.4, -0.2) is 9.97 Å². The molecule has 4 rings (SSSR count). The number of aromatic nitrogens is 2. The van der Waals surface area contributed by atoms with Crippen molar-refractivity contribution in [1.82, 2.24) is 9.97 Å². The van der Waals surface area contributed by atoms with Gasteiger partial charge in [-0.15, -0.1) is 47.5 Å². The summed E-state index contributed by atoms with van der Waals surface area (Å²) in [6, 6.07) is 26.2. The van der Waals surface area contributed by atoms with Crippen LogP contribution in [0.2, 0.25) is 0 Å². The molecular formula is C24H18N2OPd. The van der Waals surface area contributed by atoms with E-state index in [0.717, 1.165) is 33.6 Å². The van der Waals surface area contributed by atoms with E-state index in [4.69, 9.17) is 4.74 Å². The first-order valence-corrected chi connectivity index (χ1v) is 8.77. The first-order chi connectivity index (χ1) is 13.2. The topological polar surface area (TPSA) is 35.0 Å². The Morgan fingerprint density at radius 3 is 1.54 bits per heavy atom. The second-order valence-electron chi connectivity index (χ2n) is 6.30. The van der Waals surface area contributed by atoms with Crippen LogP contribution in [0.25, 0.3) is 22.5 Å². The van der Waals surface area contributed by atoms with Crippen molar-refractivity contribution in [2.45, 2.75) is 13.8 Å². The number of hydrogen-bond acceptors (Lipinski definition) is 3. The Morgan fingerprint density at radius 1 is 0.643 bits per heavy atom. The Labute approximate surface area is 179 Å². The van der Waals surface area contributed by atoms with Gasteiger partial charge in [0.15, 0.2) is 0 Å². The molecule has 0 aliphatic heterocycles. The fourth-order valence-corrected chi connectivity index (χ4v) is 2.94. The van der Waals surface area contributed by atoms with Gasteiger partial charge in [0.25, 0.3) is 0 Å². The van der Waals surface area contributed by atoms with Crippen molar-refractivity contribution in [1.29, 1.82) is 0 Å². The molecular weight excluding hydrogens is 439 g/mol. The minimum absolute atomic E-state index is 0. The molecule has 0 aliphatic carbocycles. The van der Waals surface area contributed by atoms with Crippen molar-refractivity contribution >= 4 is 0 Å². The molecule has 0 aliphatic rings. The molecule has 0 bridgehead atoms. The van der Waals surface area contributed by atoms with Crippen molar-refractivity contribution in [2.24, 2.45) is 0 Å². The van der Waals surface area contributed by atoms with E-state index in [1.54, 1.807) is 12.4 Å². The quantitative estimate of drug-likeness (QED) is 0.287. The molecule has 0 saturated heterocycles. The summed E-state index contributed by atoms with van der Waals surface area (Å²) in [5.74, 6) is 1.26. The maximum absolute atomic E-state index is 6.02. The van der Waals surface area contributed by atoms with Gasteiger partial charge in [-0.05, 0) is 37.4 Å². The van der Waals surface area contributed by atoms with Crippen LogP contribution in [0.4, 0.5) is 0 Å². The molecule has 0 N–H and O–H groups in total. The molecule has 0 saturated carbocycles. The zero-order valence-corrected chi connectivity index (χ0v) is 17.1. The van der Waals surface area contributed by atoms with E-state index in [-0.39, 0.29) is 20.4 Å². The summed E-state index contributed by atoms with van der Waals surface area (Å²) in [6.45, 7) is 4.08. The molecule has 4 heteroatoms. The van der Waals surface area contributed by atoms with Gasteiger partial charge in [0.2, 0.25) is 0 Å². The Bertz CT molecular complexity index is 1010. The predicted molar refractivity (Wildman–Crippen MR) is 107 cm³/mol. The summed E-state index contributed by atoms with van der Waals surface area (Å²) in [5, 5.41) is 0. The zero-order chi connectivity index (χ0) is 18.6. The van der Waals surface area contributed by atoms with Gasteiger partial charge >= 0.3 is 20.4 Å². The molecule has 3 nitrogen and oxygen atoms in total. The normalized spacial score (nSPS) is 10.2. The van der Waals surface area contributed by atoms with Gasteiger partial charge in [-0.3, -0.25) is 0 Å². The summed E-state index contributed by atoms with van der Waals surface area (Å²) >= 11 is 0. The van der Waals surface area contributed by atoms with Crippen molar-refractivity contribution in [3.63, 3.8) is 0 Å². The van der Waals surface area contributed by atoms with Crippen LogP contribution in [-0.2, 0) is 20.4 Å². The molecule has 0 unspecified atom stereocenters. The largest absolute Gasteiger partial charge is 2.00 e. The Morgan fingerprint density at radius 2 is 1.11 bits per heavy atom. The van der Waals surface area contributed by atoms with Gasteiger partial charge in [-0.1, -0.05) is 35.4 Å². The van der Waals surface area contributed by atoms with Crippen LogP contribution in [0.1, 0.15) is 11.1 Å². The first kappa shape index (κ1) is 20.0. The van der Waals surface area contributed by atoms with E-state index >= 15 is 0 Å². The van der Waals surface area contributed by atoms with Gasteiger partial charge < -0.3 is 14.7 Å². The van der Waals surface area contributed by atoms with Crippen molar-refractivity contribution < 1.29 is 25.2 Å². The zero-order valence-electron chi connectivity index (χ0n) is 15.5. The number of rotatable bonds is 4. The summed E-state index contributed by atoms with van der Waals surface area (Å²) in [6.07, 6.45) is 3.58. The fraction of sp³-hybridized carbons (Fsp3) is 0.0833. The summed E-state index contributed by atoms with van der Waals surface area (Å²) in [7, 11) is 0. The third-order valence-corrected chi connectivity index (χ3v) is 4.29. The van der Waals surface area contributed by atoms with Gasteiger partial charge in [0.05, 0.1) is 0 Å². The third-order valence-electron chi connectivity index (χ3n) is 4.29. The second-order valence-corrected chi connectivity index (χ2v) is 6.30. The minimum atomic E-state index is 0. The van der Waals surface area contributed by atoms with E-state index in [2.05, 4.69) is 22.1 Å². The van der Waals surface area contributed by atoms with Crippen molar-refractivity contribution in [3.05, 3.63) is 96.3 Å². The first-order valence-electron chi connectivity index (χ1n) is 8.77. The summed E-state index contributed by atoms with van der Waals surface area (Å²) in [4.78, 5) is 8.91. The molecule has 4 aromatic rings. The Hall–Kier alpha value is -2.80. The van der Waals surface area contributed by atoms with E-state index in [9.17, 15) is 0 Å². The van der Waals surface area contributed by atoms with Crippen LogP contribution < -0.4 is 4.74 Å². The molecule has 0 atom stereocenters. The van der Waals surface area contributed by atoms with Crippen molar-refractivity contribution in [3.8, 4) is 34.0 Å². The number of benzene rings is 2. The fourth-order valence-electron chi connectivity index (χ4n) is 2.94. The maximum Gasteiger partial charge on any atom is 2.00 e. The number of pyridine rings is 2. The SMILES string of the molecule is Cc1cccnc1-c1[c-]c(Oc2[c-]c(-c3ncccc3C)ccc2)ccc1.[Pd+2]. The van der Waals surface area contributed by atoms with Crippen LogP contribution in [0.15, 0.2) is 73.1 Å². The third kappa shape index (κ3) is 4.36. The molecule has 0 amide bonds. The Kier molecular flexibility index (Phi) is 6.36. The van der Waals surface area contributed by atoms with Crippen LogP contribution in [0, 0.1) is 26.0 Å². The summed E-state index contributed by atoms with van der Waals surface area (Å²) < 4.78 is 6.02. The van der Waals surface area contributed by atoms with E-state index in [1.165, 1.54) is 0 Å². The number of nitrogens with zero attached hydrogens (tertiary/aromatic N) is 2. The maximum atomic E-state index is 6.02. The molecule has 0 radical (unpaired) electrons. The van der Waals surface area contributed by atoms with Gasteiger partial charge in [0, 0.05) is 23.9 Å². The van der Waals surface area contributed by atoms with Crippen molar-refractivity contribution in [2.75, 3.05) is 0 Å². The van der Waals surface area contributed by atoms with E-state index in [0.29, 0.717) is 11.5 Å². The molecule has 140 valence electrons. The van der Waals surface area contributed by atoms with E-state index in [1.807, 2.05) is 74.5 Å². The minimum Gasteiger partial charge on any atom is -0.497 e. The number of aryl methyl sites for hydroxylation is 2. The van der Waals surface area contributed by atoms with E-state index < -0.39 is 0 Å². The summed E-state index contributed by atoms with van der Waals surface area (Å²) in [5.41, 5.74) is 5.83. The molecule has 2 heterocycles. The van der Waals surface area contributed by atoms with Gasteiger partial charge in [-0.2, -0.15) is 0 Å². The molecule has 2 aromatic heterocycles. The number of ether oxygens (including phenoxy) is 1. The van der Waals surface area contributed by atoms with Crippen LogP contribution in [0.3, 0.4) is 0 Å². The average Bonchev–Trinajstić information content (AvgIpc) is 2.69. The molecule has 2 aromatic carbocycles. The smallest absolute Gasteiger partial charge is 0.497 e. The standard InChI is InChI=1S/C24H18N2O.Pd/c1-17-7-5-13-25-23(17)19-9-3-11-21(15-19)27-22-12-4-10-20(16-22)24-18(2)8-6-14-26-24;/h3-14H,1-2H3;/q-2;+2. The Balaban J connectivity index is 0.00000225. The van der Waals surface area contributed by atoms with Gasteiger partial charge in [-0.25, -0.2) is 0 Å². The second kappa shape index (κ2) is 8.93. The predicted octanol–water partition coefficient (Wildman–Crippen LogP) is 5.82. The molecule has 28 heavy (non-hydrogen) atoms. The van der Waals surface area contributed by atoms with Crippen LogP contribution in [0.5, 0.6) is 11.5 Å². The monoisotopic (exact) mass is 456 g/mol.